The molecule has 3 aromatic rings. The number of anilines is 1. The number of ether oxygens (including phenoxy) is 1. The lowest BCUT2D eigenvalue weighted by Gasteiger charge is -2.44. The highest BCUT2D eigenvalue weighted by Gasteiger charge is 2.34. The second kappa shape index (κ2) is 9.00. The predicted octanol–water partition coefficient (Wildman–Crippen LogP) is 4.14. The van der Waals surface area contributed by atoms with Gasteiger partial charge in [-0.15, -0.1) is 0 Å². The Kier molecular flexibility index (Phi) is 5.97. The van der Waals surface area contributed by atoms with Crippen molar-refractivity contribution in [2.24, 2.45) is 0 Å². The summed E-state index contributed by atoms with van der Waals surface area (Å²) in [5, 5.41) is 0.588. The van der Waals surface area contributed by atoms with Crippen molar-refractivity contribution in [3.05, 3.63) is 64.9 Å². The van der Waals surface area contributed by atoms with E-state index in [2.05, 4.69) is 11.6 Å². The van der Waals surface area contributed by atoms with Crippen LogP contribution < -0.4 is 15.3 Å². The molecule has 1 aromatic heterocycles. The molecule has 5 rings (SSSR count). The number of halogens is 3. The number of alkyl halides is 2. The SMILES string of the molecule is C=CC(=O)N1C[C@H](C)N(c2nc(=O)n3c4c(c(-c5c(F)cccc5C(F)F)ccc24)OCC3)C[C@H]1C. The van der Waals surface area contributed by atoms with Gasteiger partial charge >= 0.3 is 5.69 Å². The summed E-state index contributed by atoms with van der Waals surface area (Å²) in [5.74, 6) is -0.382. The number of carbonyl (C=O) groups is 1. The van der Waals surface area contributed by atoms with E-state index in [1.807, 2.05) is 18.7 Å². The molecule has 2 aliphatic heterocycles. The lowest BCUT2D eigenvalue weighted by atomic mass is 9.96. The van der Waals surface area contributed by atoms with Crippen molar-refractivity contribution in [2.45, 2.75) is 38.9 Å². The molecule has 2 atom stereocenters. The van der Waals surface area contributed by atoms with E-state index in [-0.39, 0.29) is 48.0 Å². The number of hydrogen-bond acceptors (Lipinski definition) is 5. The number of hydrogen-bond donors (Lipinski definition) is 0. The first-order valence-corrected chi connectivity index (χ1v) is 11.7. The average molecular weight is 499 g/mol. The van der Waals surface area contributed by atoms with Crippen LogP contribution in [-0.4, -0.2) is 52.1 Å². The van der Waals surface area contributed by atoms with Gasteiger partial charge in [-0.25, -0.2) is 18.0 Å². The minimum absolute atomic E-state index is 0.119. The van der Waals surface area contributed by atoms with Gasteiger partial charge in [0.25, 0.3) is 6.43 Å². The molecule has 1 amide bonds. The molecule has 188 valence electrons. The molecule has 0 N–H and O–H groups in total. The summed E-state index contributed by atoms with van der Waals surface area (Å²) in [6.07, 6.45) is -1.62. The van der Waals surface area contributed by atoms with Gasteiger partial charge in [0.2, 0.25) is 5.91 Å². The van der Waals surface area contributed by atoms with Crippen molar-refractivity contribution in [1.29, 1.82) is 0 Å². The maximum absolute atomic E-state index is 14.9. The summed E-state index contributed by atoms with van der Waals surface area (Å²) in [7, 11) is 0. The monoisotopic (exact) mass is 498 g/mol. The van der Waals surface area contributed by atoms with E-state index in [9.17, 15) is 22.8 Å². The van der Waals surface area contributed by atoms with Crippen LogP contribution in [0.3, 0.4) is 0 Å². The van der Waals surface area contributed by atoms with Crippen molar-refractivity contribution in [3.63, 3.8) is 0 Å². The maximum Gasteiger partial charge on any atom is 0.350 e. The third kappa shape index (κ3) is 3.71. The van der Waals surface area contributed by atoms with E-state index in [1.54, 1.807) is 17.0 Å². The van der Waals surface area contributed by atoms with Crippen LogP contribution in [0.1, 0.15) is 25.8 Å². The van der Waals surface area contributed by atoms with Gasteiger partial charge < -0.3 is 14.5 Å². The molecular weight excluding hydrogens is 473 g/mol. The van der Waals surface area contributed by atoms with Crippen molar-refractivity contribution in [1.82, 2.24) is 14.5 Å². The zero-order valence-corrected chi connectivity index (χ0v) is 19.9. The number of carbonyl (C=O) groups excluding carboxylic acids is 1. The standard InChI is InChI=1S/C26H25F3N4O3/c1-4-20(34)32-12-15(3)33(13-14(32)2)25-18-9-8-16(21-17(24(28)29)6-5-7-19(21)27)23-22(18)31(10-11-36-23)26(35)30-25/h4-9,14-15,24H,1,10-13H2,2-3H3/t14-,15+/m1/s1. The van der Waals surface area contributed by atoms with E-state index >= 15 is 0 Å². The highest BCUT2D eigenvalue weighted by atomic mass is 19.3. The van der Waals surface area contributed by atoms with E-state index in [1.165, 1.54) is 22.8 Å². The molecule has 36 heavy (non-hydrogen) atoms. The van der Waals surface area contributed by atoms with Crippen LogP contribution in [0, 0.1) is 5.82 Å². The van der Waals surface area contributed by atoms with E-state index < -0.39 is 23.5 Å². The summed E-state index contributed by atoms with van der Waals surface area (Å²) < 4.78 is 49.8. The van der Waals surface area contributed by atoms with Gasteiger partial charge in [-0.05, 0) is 38.1 Å². The normalized spacial score (nSPS) is 19.5. The zero-order chi connectivity index (χ0) is 25.7. The topological polar surface area (TPSA) is 67.7 Å². The van der Waals surface area contributed by atoms with Crippen LogP contribution in [0.4, 0.5) is 19.0 Å². The van der Waals surface area contributed by atoms with Crippen LogP contribution in [0.2, 0.25) is 0 Å². The maximum atomic E-state index is 14.9. The van der Waals surface area contributed by atoms with E-state index in [0.717, 1.165) is 6.07 Å². The number of amides is 1. The van der Waals surface area contributed by atoms with E-state index in [0.29, 0.717) is 29.8 Å². The Hall–Kier alpha value is -3.82. The van der Waals surface area contributed by atoms with Crippen molar-refractivity contribution in [3.8, 4) is 16.9 Å². The molecule has 7 nitrogen and oxygen atoms in total. The first-order chi connectivity index (χ1) is 17.2. The Morgan fingerprint density at radius 1 is 1.19 bits per heavy atom. The first-order valence-electron chi connectivity index (χ1n) is 11.7. The molecule has 1 fully saturated rings. The molecule has 3 heterocycles. The second-order valence-electron chi connectivity index (χ2n) is 9.11. The Morgan fingerprint density at radius 2 is 1.97 bits per heavy atom. The molecule has 0 saturated carbocycles. The van der Waals surface area contributed by atoms with Crippen molar-refractivity contribution < 1.29 is 22.7 Å². The smallest absolute Gasteiger partial charge is 0.350 e. The summed E-state index contributed by atoms with van der Waals surface area (Å²) in [6, 6.07) is 6.42. The van der Waals surface area contributed by atoms with Crippen molar-refractivity contribution >= 4 is 22.6 Å². The summed E-state index contributed by atoms with van der Waals surface area (Å²) >= 11 is 0. The lowest BCUT2D eigenvalue weighted by Crippen LogP contribution is -2.58. The molecule has 2 aliphatic rings. The molecule has 0 radical (unpaired) electrons. The summed E-state index contributed by atoms with van der Waals surface area (Å²) in [6.45, 7) is 8.59. The van der Waals surface area contributed by atoms with Gasteiger partial charge in [0.05, 0.1) is 12.1 Å². The van der Waals surface area contributed by atoms with Crippen LogP contribution >= 0.6 is 0 Å². The Labute approximate surface area is 205 Å². The average Bonchev–Trinajstić information content (AvgIpc) is 2.86. The molecule has 1 saturated heterocycles. The van der Waals surface area contributed by atoms with Gasteiger partial charge in [-0.3, -0.25) is 9.36 Å². The summed E-state index contributed by atoms with van der Waals surface area (Å²) in [4.78, 5) is 33.4. The molecule has 0 spiro atoms. The number of benzene rings is 2. The zero-order valence-electron chi connectivity index (χ0n) is 19.9. The lowest BCUT2D eigenvalue weighted by molar-refractivity contribution is -0.128. The largest absolute Gasteiger partial charge is 0.489 e. The first kappa shape index (κ1) is 23.9. The predicted molar refractivity (Wildman–Crippen MR) is 130 cm³/mol. The highest BCUT2D eigenvalue weighted by Crippen LogP contribution is 2.44. The number of nitrogens with zero attached hydrogens (tertiary/aromatic N) is 4. The second-order valence-corrected chi connectivity index (χ2v) is 9.11. The summed E-state index contributed by atoms with van der Waals surface area (Å²) in [5.41, 5.74) is -0.660. The number of rotatable bonds is 4. The third-order valence-corrected chi connectivity index (χ3v) is 6.90. The van der Waals surface area contributed by atoms with Crippen molar-refractivity contribution in [2.75, 3.05) is 24.6 Å². The van der Waals surface area contributed by atoms with Gasteiger partial charge in [-0.2, -0.15) is 4.98 Å². The third-order valence-electron chi connectivity index (χ3n) is 6.90. The van der Waals surface area contributed by atoms with E-state index in [4.69, 9.17) is 4.74 Å². The van der Waals surface area contributed by atoms with Crippen LogP contribution in [0.15, 0.2) is 47.8 Å². The highest BCUT2D eigenvalue weighted by molar-refractivity contribution is 5.99. The minimum Gasteiger partial charge on any atom is -0.489 e. The van der Waals surface area contributed by atoms with Gasteiger partial charge in [0, 0.05) is 47.2 Å². The number of piperazine rings is 1. The minimum atomic E-state index is -2.89. The fourth-order valence-electron chi connectivity index (χ4n) is 5.19. The quantitative estimate of drug-likeness (QED) is 0.506. The Balaban J connectivity index is 1.71. The molecule has 10 heteroatoms. The number of aromatic nitrogens is 2. The van der Waals surface area contributed by atoms with Crippen LogP contribution in [0.5, 0.6) is 5.75 Å². The molecular formula is C26H25F3N4O3. The van der Waals surface area contributed by atoms with Gasteiger partial charge in [0.15, 0.2) is 5.75 Å². The molecule has 0 aliphatic carbocycles. The van der Waals surface area contributed by atoms with Gasteiger partial charge in [0.1, 0.15) is 18.2 Å². The van der Waals surface area contributed by atoms with Crippen LogP contribution in [0.25, 0.3) is 22.0 Å². The van der Waals surface area contributed by atoms with Gasteiger partial charge in [-0.1, -0.05) is 18.7 Å². The fraction of sp³-hybridized carbons (Fsp3) is 0.346. The molecule has 0 bridgehead atoms. The molecule has 0 unspecified atom stereocenters. The fourth-order valence-corrected chi connectivity index (χ4v) is 5.19. The molecule has 2 aromatic carbocycles. The van der Waals surface area contributed by atoms with Crippen LogP contribution in [-0.2, 0) is 11.3 Å². The Morgan fingerprint density at radius 3 is 2.69 bits per heavy atom. The Bertz CT molecular complexity index is 1440.